The van der Waals surface area contributed by atoms with Crippen LogP contribution in [0, 0.1) is 18.7 Å². The van der Waals surface area contributed by atoms with Gasteiger partial charge in [-0.25, -0.2) is 12.8 Å². The van der Waals surface area contributed by atoms with Gasteiger partial charge in [-0.3, -0.25) is 0 Å². The summed E-state index contributed by atoms with van der Waals surface area (Å²) in [6.07, 6.45) is 2.79. The molecule has 0 bridgehead atoms. The van der Waals surface area contributed by atoms with Crippen molar-refractivity contribution in [2.45, 2.75) is 37.1 Å². The Morgan fingerprint density at radius 1 is 1.40 bits per heavy atom. The summed E-state index contributed by atoms with van der Waals surface area (Å²) in [5, 5.41) is 0. The maximum Gasteiger partial charge on any atom is 0.243 e. The van der Waals surface area contributed by atoms with Gasteiger partial charge in [0.2, 0.25) is 10.0 Å². The van der Waals surface area contributed by atoms with Crippen LogP contribution in [0.2, 0.25) is 0 Å². The van der Waals surface area contributed by atoms with Crippen LogP contribution < -0.4 is 5.73 Å². The van der Waals surface area contributed by atoms with Gasteiger partial charge in [-0.2, -0.15) is 4.31 Å². The maximum atomic E-state index is 13.1. The second-order valence-corrected chi connectivity index (χ2v) is 7.39. The van der Waals surface area contributed by atoms with E-state index in [-0.39, 0.29) is 16.9 Å². The molecule has 112 valence electrons. The van der Waals surface area contributed by atoms with Gasteiger partial charge in [0.05, 0.1) is 4.90 Å². The molecule has 0 spiro atoms. The number of sulfonamides is 1. The van der Waals surface area contributed by atoms with E-state index in [1.54, 1.807) is 14.0 Å². The highest BCUT2D eigenvalue weighted by Crippen LogP contribution is 2.32. The zero-order valence-electron chi connectivity index (χ0n) is 11.8. The summed E-state index contributed by atoms with van der Waals surface area (Å²) in [5.41, 5.74) is 6.15. The standard InChI is InChI=1S/C14H21FN2O2S/c1-10-8-12(15)6-7-14(10)20(18,19)17(2)13-5-3-4-11(13)9-16/h6-8,11,13H,3-5,9,16H2,1-2H3. The smallest absolute Gasteiger partial charge is 0.243 e. The van der Waals surface area contributed by atoms with Gasteiger partial charge in [-0.1, -0.05) is 6.42 Å². The van der Waals surface area contributed by atoms with E-state index in [4.69, 9.17) is 5.73 Å². The Morgan fingerprint density at radius 2 is 2.10 bits per heavy atom. The minimum absolute atomic E-state index is 0.0607. The molecule has 1 aliphatic carbocycles. The molecular formula is C14H21FN2O2S. The highest BCUT2D eigenvalue weighted by molar-refractivity contribution is 7.89. The van der Waals surface area contributed by atoms with Crippen molar-refractivity contribution in [2.24, 2.45) is 11.7 Å². The molecule has 1 saturated carbocycles. The minimum atomic E-state index is -3.60. The first-order valence-electron chi connectivity index (χ1n) is 6.82. The van der Waals surface area contributed by atoms with Crippen molar-refractivity contribution in [3.05, 3.63) is 29.6 Å². The lowest BCUT2D eigenvalue weighted by atomic mass is 10.0. The molecule has 0 aromatic heterocycles. The van der Waals surface area contributed by atoms with Gasteiger partial charge < -0.3 is 5.73 Å². The Hall–Kier alpha value is -0.980. The molecule has 6 heteroatoms. The molecule has 2 atom stereocenters. The second kappa shape index (κ2) is 5.79. The second-order valence-electron chi connectivity index (χ2n) is 5.43. The number of nitrogens with zero attached hydrogens (tertiary/aromatic N) is 1. The van der Waals surface area contributed by atoms with Gasteiger partial charge in [-0.15, -0.1) is 0 Å². The van der Waals surface area contributed by atoms with Crippen LogP contribution in [0.15, 0.2) is 23.1 Å². The third-order valence-corrected chi connectivity index (χ3v) is 6.23. The summed E-state index contributed by atoms with van der Waals surface area (Å²) < 4.78 is 39.9. The minimum Gasteiger partial charge on any atom is -0.330 e. The van der Waals surface area contributed by atoms with Gasteiger partial charge in [0.1, 0.15) is 5.82 Å². The molecule has 1 fully saturated rings. The van der Waals surface area contributed by atoms with Gasteiger partial charge in [0, 0.05) is 13.1 Å². The fourth-order valence-corrected chi connectivity index (χ4v) is 4.66. The predicted octanol–water partition coefficient (Wildman–Crippen LogP) is 1.88. The Kier molecular flexibility index (Phi) is 4.46. The summed E-state index contributed by atoms with van der Waals surface area (Å²) in [7, 11) is -2.01. The summed E-state index contributed by atoms with van der Waals surface area (Å²) in [4.78, 5) is 0.170. The highest BCUT2D eigenvalue weighted by Gasteiger charge is 2.36. The van der Waals surface area contributed by atoms with Gasteiger partial charge in [-0.05, 0) is 56.0 Å². The summed E-state index contributed by atoms with van der Waals surface area (Å²) in [6.45, 7) is 2.10. The van der Waals surface area contributed by atoms with E-state index in [1.807, 2.05) is 0 Å². The van der Waals surface area contributed by atoms with Crippen LogP contribution in [-0.2, 0) is 10.0 Å². The lowest BCUT2D eigenvalue weighted by Gasteiger charge is -2.28. The van der Waals surface area contributed by atoms with Crippen molar-refractivity contribution in [1.82, 2.24) is 4.31 Å². The Balaban J connectivity index is 2.34. The summed E-state index contributed by atoms with van der Waals surface area (Å²) in [5.74, 6) is -0.222. The maximum absolute atomic E-state index is 13.1. The SMILES string of the molecule is Cc1cc(F)ccc1S(=O)(=O)N(C)C1CCCC1CN. The molecule has 20 heavy (non-hydrogen) atoms. The van der Waals surface area contributed by atoms with Gasteiger partial charge >= 0.3 is 0 Å². The molecular weight excluding hydrogens is 279 g/mol. The van der Waals surface area contributed by atoms with Gasteiger partial charge in [0.25, 0.3) is 0 Å². The molecule has 4 nitrogen and oxygen atoms in total. The molecule has 0 heterocycles. The van der Waals surface area contributed by atoms with Crippen LogP contribution in [0.1, 0.15) is 24.8 Å². The normalized spacial score (nSPS) is 23.4. The van der Waals surface area contributed by atoms with E-state index in [2.05, 4.69) is 0 Å². The highest BCUT2D eigenvalue weighted by atomic mass is 32.2. The lowest BCUT2D eigenvalue weighted by Crippen LogP contribution is -2.41. The average molecular weight is 300 g/mol. The molecule has 1 aliphatic rings. The largest absolute Gasteiger partial charge is 0.330 e. The molecule has 0 radical (unpaired) electrons. The number of benzene rings is 1. The molecule has 1 aromatic carbocycles. The van der Waals surface area contributed by atoms with Crippen LogP contribution in [0.25, 0.3) is 0 Å². The number of rotatable bonds is 4. The summed E-state index contributed by atoms with van der Waals surface area (Å²) in [6, 6.07) is 3.70. The molecule has 0 saturated heterocycles. The summed E-state index contributed by atoms with van der Waals surface area (Å²) >= 11 is 0. The van der Waals surface area contributed by atoms with Crippen molar-refractivity contribution in [2.75, 3.05) is 13.6 Å². The Morgan fingerprint density at radius 3 is 2.70 bits per heavy atom. The van der Waals surface area contributed by atoms with Crippen molar-refractivity contribution >= 4 is 10.0 Å². The van der Waals surface area contributed by atoms with Crippen molar-refractivity contribution in [1.29, 1.82) is 0 Å². The zero-order valence-corrected chi connectivity index (χ0v) is 12.7. The first-order valence-corrected chi connectivity index (χ1v) is 8.26. The molecule has 2 unspecified atom stereocenters. The van der Waals surface area contributed by atoms with E-state index in [0.29, 0.717) is 12.1 Å². The number of aryl methyl sites for hydroxylation is 1. The van der Waals surface area contributed by atoms with Crippen LogP contribution in [-0.4, -0.2) is 32.4 Å². The van der Waals surface area contributed by atoms with E-state index in [9.17, 15) is 12.8 Å². The van der Waals surface area contributed by atoms with Crippen LogP contribution >= 0.6 is 0 Å². The molecule has 0 aliphatic heterocycles. The first kappa shape index (κ1) is 15.4. The molecule has 0 amide bonds. The lowest BCUT2D eigenvalue weighted by molar-refractivity contribution is 0.304. The van der Waals surface area contributed by atoms with E-state index >= 15 is 0 Å². The quantitative estimate of drug-likeness (QED) is 0.923. The average Bonchev–Trinajstić information content (AvgIpc) is 2.85. The van der Waals surface area contributed by atoms with Crippen LogP contribution in [0.5, 0.6) is 0 Å². The van der Waals surface area contributed by atoms with E-state index in [1.165, 1.54) is 22.5 Å². The Labute approximate surface area is 119 Å². The van der Waals surface area contributed by atoms with Crippen LogP contribution in [0.3, 0.4) is 0 Å². The fraction of sp³-hybridized carbons (Fsp3) is 0.571. The predicted molar refractivity (Wildman–Crippen MR) is 76.3 cm³/mol. The van der Waals surface area contributed by atoms with E-state index in [0.717, 1.165) is 19.3 Å². The number of halogens is 1. The number of nitrogens with two attached hydrogens (primary N) is 1. The third kappa shape index (κ3) is 2.73. The van der Waals surface area contributed by atoms with Crippen molar-refractivity contribution in [3.63, 3.8) is 0 Å². The van der Waals surface area contributed by atoms with Crippen LogP contribution in [0.4, 0.5) is 4.39 Å². The van der Waals surface area contributed by atoms with E-state index < -0.39 is 15.8 Å². The zero-order chi connectivity index (χ0) is 14.9. The third-order valence-electron chi connectivity index (χ3n) is 4.18. The Bertz CT molecular complexity index is 589. The monoisotopic (exact) mass is 300 g/mol. The first-order chi connectivity index (χ1) is 9.37. The molecule has 2 rings (SSSR count). The number of hydrogen-bond acceptors (Lipinski definition) is 3. The van der Waals surface area contributed by atoms with Crippen molar-refractivity contribution in [3.8, 4) is 0 Å². The fourth-order valence-electron chi connectivity index (χ4n) is 3.01. The van der Waals surface area contributed by atoms with Gasteiger partial charge in [0.15, 0.2) is 0 Å². The number of hydrogen-bond donors (Lipinski definition) is 1. The topological polar surface area (TPSA) is 63.4 Å². The molecule has 1 aromatic rings. The molecule has 2 N–H and O–H groups in total. The van der Waals surface area contributed by atoms with Crippen molar-refractivity contribution < 1.29 is 12.8 Å².